The van der Waals surface area contributed by atoms with Gasteiger partial charge in [0.15, 0.2) is 0 Å². The highest BCUT2D eigenvalue weighted by Crippen LogP contribution is 2.07. The third-order valence-electron chi connectivity index (χ3n) is 2.37. The van der Waals surface area contributed by atoms with Crippen molar-refractivity contribution in [3.05, 3.63) is 0 Å². The Hall–Kier alpha value is -0.770. The molecule has 0 bridgehead atoms. The summed E-state index contributed by atoms with van der Waals surface area (Å²) >= 11 is 0. The zero-order chi connectivity index (χ0) is 10.4. The van der Waals surface area contributed by atoms with Crippen molar-refractivity contribution < 1.29 is 4.79 Å². The van der Waals surface area contributed by atoms with Crippen molar-refractivity contribution in [2.75, 3.05) is 19.6 Å². The number of piperidine rings is 1. The molecule has 1 rings (SSSR count). The van der Waals surface area contributed by atoms with E-state index in [1.165, 1.54) is 12.8 Å². The molecule has 0 radical (unpaired) electrons. The molecule has 0 saturated carbocycles. The number of rotatable bonds is 3. The van der Waals surface area contributed by atoms with Crippen LogP contribution in [0.5, 0.6) is 0 Å². The average molecular weight is 199 g/mol. The fraction of sp³-hybridized carbons (Fsp3) is 0.900. The predicted molar refractivity (Wildman–Crippen MR) is 57.3 cm³/mol. The smallest absolute Gasteiger partial charge is 0.314 e. The predicted octanol–water partition coefficient (Wildman–Crippen LogP) is 0.694. The van der Waals surface area contributed by atoms with Gasteiger partial charge < -0.3 is 16.0 Å². The minimum atomic E-state index is -0.0504. The number of carbonyl (C=O) groups is 1. The second-order valence-electron chi connectivity index (χ2n) is 4.22. The molecular weight excluding hydrogens is 178 g/mol. The van der Waals surface area contributed by atoms with Crippen LogP contribution in [0.4, 0.5) is 4.79 Å². The van der Waals surface area contributed by atoms with Crippen molar-refractivity contribution >= 4 is 6.03 Å². The second-order valence-corrected chi connectivity index (χ2v) is 4.22. The SMILES string of the molecule is CC(C)NC(=O)NCC1CCCNC1. The van der Waals surface area contributed by atoms with Gasteiger partial charge in [-0.2, -0.15) is 0 Å². The Morgan fingerprint density at radius 2 is 2.36 bits per heavy atom. The van der Waals surface area contributed by atoms with Crippen LogP contribution in [0.25, 0.3) is 0 Å². The summed E-state index contributed by atoms with van der Waals surface area (Å²) in [6.45, 7) is 6.85. The summed E-state index contributed by atoms with van der Waals surface area (Å²) in [6, 6.07) is 0.157. The lowest BCUT2D eigenvalue weighted by Crippen LogP contribution is -2.44. The minimum Gasteiger partial charge on any atom is -0.338 e. The van der Waals surface area contributed by atoms with Crippen LogP contribution in [0.2, 0.25) is 0 Å². The maximum atomic E-state index is 11.3. The third-order valence-corrected chi connectivity index (χ3v) is 2.37. The van der Waals surface area contributed by atoms with E-state index in [-0.39, 0.29) is 12.1 Å². The lowest BCUT2D eigenvalue weighted by molar-refractivity contribution is 0.235. The summed E-state index contributed by atoms with van der Waals surface area (Å²) < 4.78 is 0. The molecule has 3 N–H and O–H groups in total. The maximum absolute atomic E-state index is 11.3. The van der Waals surface area contributed by atoms with Gasteiger partial charge in [0, 0.05) is 12.6 Å². The van der Waals surface area contributed by atoms with Crippen LogP contribution >= 0.6 is 0 Å². The lowest BCUT2D eigenvalue weighted by Gasteiger charge is -2.23. The first-order valence-electron chi connectivity index (χ1n) is 5.43. The molecule has 1 atom stereocenters. The van der Waals surface area contributed by atoms with E-state index >= 15 is 0 Å². The Morgan fingerprint density at radius 1 is 1.57 bits per heavy atom. The summed E-state index contributed by atoms with van der Waals surface area (Å²) in [5.74, 6) is 0.599. The van der Waals surface area contributed by atoms with Gasteiger partial charge in [-0.15, -0.1) is 0 Å². The summed E-state index contributed by atoms with van der Waals surface area (Å²) in [6.07, 6.45) is 2.44. The lowest BCUT2D eigenvalue weighted by atomic mass is 10.00. The molecular formula is C10H21N3O. The highest BCUT2D eigenvalue weighted by atomic mass is 16.2. The Labute approximate surface area is 85.8 Å². The number of hydrogen-bond acceptors (Lipinski definition) is 2. The Kier molecular flexibility index (Phi) is 4.73. The molecule has 0 aromatic carbocycles. The molecule has 1 unspecified atom stereocenters. The monoisotopic (exact) mass is 199 g/mol. The molecule has 4 heteroatoms. The number of hydrogen-bond donors (Lipinski definition) is 3. The number of carbonyl (C=O) groups excluding carboxylic acids is 1. The zero-order valence-corrected chi connectivity index (χ0v) is 9.10. The first-order chi connectivity index (χ1) is 6.68. The van der Waals surface area contributed by atoms with Crippen molar-refractivity contribution in [2.24, 2.45) is 5.92 Å². The molecule has 1 heterocycles. The largest absolute Gasteiger partial charge is 0.338 e. The van der Waals surface area contributed by atoms with E-state index in [2.05, 4.69) is 16.0 Å². The molecule has 1 fully saturated rings. The molecule has 14 heavy (non-hydrogen) atoms. The fourth-order valence-electron chi connectivity index (χ4n) is 1.65. The number of urea groups is 1. The highest BCUT2D eigenvalue weighted by molar-refractivity contribution is 5.74. The van der Waals surface area contributed by atoms with Gasteiger partial charge >= 0.3 is 6.03 Å². The summed E-state index contributed by atoms with van der Waals surface area (Å²) in [5.41, 5.74) is 0. The number of nitrogens with one attached hydrogen (secondary N) is 3. The Morgan fingerprint density at radius 3 is 2.93 bits per heavy atom. The topological polar surface area (TPSA) is 53.2 Å². The van der Waals surface area contributed by atoms with E-state index in [9.17, 15) is 4.79 Å². The fourth-order valence-corrected chi connectivity index (χ4v) is 1.65. The first-order valence-corrected chi connectivity index (χ1v) is 5.43. The van der Waals surface area contributed by atoms with E-state index in [0.29, 0.717) is 5.92 Å². The molecule has 1 aliphatic heterocycles. The van der Waals surface area contributed by atoms with Gasteiger partial charge in [0.1, 0.15) is 0 Å². The van der Waals surface area contributed by atoms with Crippen LogP contribution in [0.3, 0.4) is 0 Å². The zero-order valence-electron chi connectivity index (χ0n) is 9.10. The van der Waals surface area contributed by atoms with Gasteiger partial charge in [0.05, 0.1) is 0 Å². The third kappa shape index (κ3) is 4.46. The van der Waals surface area contributed by atoms with Gasteiger partial charge in [0.2, 0.25) is 0 Å². The Bertz CT molecular complexity index is 176. The summed E-state index contributed by atoms with van der Waals surface area (Å²) in [4.78, 5) is 11.3. The van der Waals surface area contributed by atoms with Crippen molar-refractivity contribution in [1.29, 1.82) is 0 Å². The van der Waals surface area contributed by atoms with Crippen LogP contribution in [0, 0.1) is 5.92 Å². The van der Waals surface area contributed by atoms with Gasteiger partial charge in [-0.25, -0.2) is 4.79 Å². The second kappa shape index (κ2) is 5.86. The minimum absolute atomic E-state index is 0.0504. The molecule has 2 amide bonds. The van der Waals surface area contributed by atoms with Gasteiger partial charge in [-0.3, -0.25) is 0 Å². The highest BCUT2D eigenvalue weighted by Gasteiger charge is 2.13. The van der Waals surface area contributed by atoms with Gasteiger partial charge in [-0.1, -0.05) is 0 Å². The van der Waals surface area contributed by atoms with Crippen molar-refractivity contribution in [1.82, 2.24) is 16.0 Å². The van der Waals surface area contributed by atoms with Crippen LogP contribution < -0.4 is 16.0 Å². The van der Waals surface area contributed by atoms with E-state index < -0.39 is 0 Å². The van der Waals surface area contributed by atoms with Crippen molar-refractivity contribution in [3.8, 4) is 0 Å². The first kappa shape index (κ1) is 11.3. The number of amides is 2. The van der Waals surface area contributed by atoms with Crippen molar-refractivity contribution in [3.63, 3.8) is 0 Å². The van der Waals surface area contributed by atoms with Gasteiger partial charge in [0.25, 0.3) is 0 Å². The normalized spacial score (nSPS) is 22.1. The Balaban J connectivity index is 2.09. The molecule has 0 aromatic heterocycles. The van der Waals surface area contributed by atoms with Crippen molar-refractivity contribution in [2.45, 2.75) is 32.7 Å². The van der Waals surface area contributed by atoms with E-state index in [4.69, 9.17) is 0 Å². The molecule has 1 aliphatic rings. The summed E-state index contributed by atoms with van der Waals surface area (Å²) in [5, 5.41) is 9.03. The molecule has 0 spiro atoms. The molecule has 4 nitrogen and oxygen atoms in total. The molecule has 82 valence electrons. The van der Waals surface area contributed by atoms with Crippen LogP contribution in [-0.4, -0.2) is 31.7 Å². The van der Waals surface area contributed by atoms with E-state index in [1.54, 1.807) is 0 Å². The summed E-state index contributed by atoms with van der Waals surface area (Å²) in [7, 11) is 0. The molecule has 1 saturated heterocycles. The standard InChI is InChI=1S/C10H21N3O/c1-8(2)13-10(14)12-7-9-4-3-5-11-6-9/h8-9,11H,3-7H2,1-2H3,(H2,12,13,14). The molecule has 0 aliphatic carbocycles. The van der Waals surface area contributed by atoms with Crippen LogP contribution in [0.15, 0.2) is 0 Å². The van der Waals surface area contributed by atoms with Crippen LogP contribution in [-0.2, 0) is 0 Å². The maximum Gasteiger partial charge on any atom is 0.314 e. The van der Waals surface area contributed by atoms with Gasteiger partial charge in [-0.05, 0) is 45.7 Å². The average Bonchev–Trinajstić information content (AvgIpc) is 2.15. The molecule has 0 aromatic rings. The van der Waals surface area contributed by atoms with E-state index in [0.717, 1.165) is 19.6 Å². The van der Waals surface area contributed by atoms with Crippen LogP contribution in [0.1, 0.15) is 26.7 Å². The quantitative estimate of drug-likeness (QED) is 0.626. The van der Waals surface area contributed by atoms with E-state index in [1.807, 2.05) is 13.8 Å².